The van der Waals surface area contributed by atoms with E-state index >= 15 is 0 Å². The highest BCUT2D eigenvalue weighted by atomic mass is 16.3. The highest BCUT2D eigenvalue weighted by molar-refractivity contribution is 5.81. The Morgan fingerprint density at radius 2 is 2.12 bits per heavy atom. The summed E-state index contributed by atoms with van der Waals surface area (Å²) in [4.78, 5) is 14.4. The van der Waals surface area contributed by atoms with E-state index in [1.54, 1.807) is 0 Å². The molecule has 1 saturated heterocycles. The van der Waals surface area contributed by atoms with Gasteiger partial charge in [0, 0.05) is 30.4 Å². The maximum atomic E-state index is 12.3. The Bertz CT molecular complexity index is 762. The smallest absolute Gasteiger partial charge is 0.225 e. The monoisotopic (exact) mass is 340 g/mol. The molecule has 2 fully saturated rings. The predicted octanol–water partition coefficient (Wildman–Crippen LogP) is 3.87. The molecule has 1 aliphatic carbocycles. The number of fused-ring (bicyclic) bond motifs is 1. The van der Waals surface area contributed by atoms with Gasteiger partial charge >= 0.3 is 0 Å². The Morgan fingerprint density at radius 3 is 2.88 bits per heavy atom. The molecule has 1 amide bonds. The minimum atomic E-state index is 0.334. The molecule has 4 heteroatoms. The van der Waals surface area contributed by atoms with E-state index in [1.165, 1.54) is 10.9 Å². The quantitative estimate of drug-likeness (QED) is 0.899. The van der Waals surface area contributed by atoms with Crippen molar-refractivity contribution in [3.63, 3.8) is 0 Å². The molecule has 25 heavy (non-hydrogen) atoms. The Hall–Kier alpha value is -1.81. The first-order valence-corrected chi connectivity index (χ1v) is 9.65. The van der Waals surface area contributed by atoms with Crippen molar-refractivity contribution in [3.8, 4) is 0 Å². The molecule has 4 rings (SSSR count). The summed E-state index contributed by atoms with van der Waals surface area (Å²) in [6.07, 6.45) is 4.33. The molecule has 0 radical (unpaired) electrons. The van der Waals surface area contributed by atoms with Gasteiger partial charge < -0.3 is 14.6 Å². The van der Waals surface area contributed by atoms with Crippen LogP contribution in [0.25, 0.3) is 11.0 Å². The van der Waals surface area contributed by atoms with Crippen LogP contribution in [-0.4, -0.2) is 29.9 Å². The minimum Gasteiger partial charge on any atom is -0.460 e. The van der Waals surface area contributed by atoms with Crippen molar-refractivity contribution in [2.75, 3.05) is 13.1 Å². The van der Waals surface area contributed by atoms with Crippen LogP contribution in [0.2, 0.25) is 0 Å². The molecule has 2 atom stereocenters. The first-order valence-electron chi connectivity index (χ1n) is 9.65. The summed E-state index contributed by atoms with van der Waals surface area (Å²) in [5.74, 6) is 2.25. The van der Waals surface area contributed by atoms with Crippen LogP contribution in [0.4, 0.5) is 0 Å². The topological polar surface area (TPSA) is 45.5 Å². The molecule has 2 heterocycles. The third-order valence-corrected chi connectivity index (χ3v) is 5.76. The van der Waals surface area contributed by atoms with Crippen LogP contribution in [0.5, 0.6) is 0 Å². The lowest BCUT2D eigenvalue weighted by Crippen LogP contribution is -2.51. The van der Waals surface area contributed by atoms with Gasteiger partial charge in [-0.2, -0.15) is 0 Å². The molecule has 0 bridgehead atoms. The van der Waals surface area contributed by atoms with E-state index in [0.29, 0.717) is 23.8 Å². The fourth-order valence-corrected chi connectivity index (χ4v) is 4.04. The molecule has 0 spiro atoms. The molecule has 1 N–H and O–H groups in total. The van der Waals surface area contributed by atoms with E-state index in [-0.39, 0.29) is 0 Å². The second-order valence-corrected chi connectivity index (χ2v) is 7.76. The van der Waals surface area contributed by atoms with Crippen LogP contribution in [0, 0.1) is 18.8 Å². The molecular formula is C21H28N2O2. The molecule has 1 saturated carbocycles. The van der Waals surface area contributed by atoms with E-state index in [4.69, 9.17) is 4.42 Å². The molecule has 2 aliphatic rings. The highest BCUT2D eigenvalue weighted by Gasteiger charge is 2.37. The molecular weight excluding hydrogens is 312 g/mol. The largest absolute Gasteiger partial charge is 0.460 e. The second kappa shape index (κ2) is 6.83. The van der Waals surface area contributed by atoms with E-state index in [1.807, 2.05) is 6.07 Å². The number of hydrogen-bond acceptors (Lipinski definition) is 3. The van der Waals surface area contributed by atoms with Crippen molar-refractivity contribution in [3.05, 3.63) is 35.6 Å². The number of rotatable bonds is 5. The number of carbonyl (C=O) groups excluding carboxylic acids is 1. The molecule has 134 valence electrons. The summed E-state index contributed by atoms with van der Waals surface area (Å²) in [5.41, 5.74) is 2.21. The number of furan rings is 1. The Balaban J connectivity index is 1.37. The standard InChI is InChI=1S/C21H28N2O2/c1-3-15-13-23(21(24)16-5-6-16)9-8-19(15)22-12-18-11-17-10-14(2)4-7-20(17)25-18/h4,7,10-11,15-16,19,22H,3,5-6,8-9,12-13H2,1-2H3. The molecule has 1 aromatic heterocycles. The third kappa shape index (κ3) is 3.59. The Kier molecular flexibility index (Phi) is 4.55. The lowest BCUT2D eigenvalue weighted by molar-refractivity contribution is -0.134. The number of hydrogen-bond donors (Lipinski definition) is 1. The number of carbonyl (C=O) groups is 1. The van der Waals surface area contributed by atoms with Gasteiger partial charge in [0.2, 0.25) is 5.91 Å². The van der Waals surface area contributed by atoms with Gasteiger partial charge in [-0.1, -0.05) is 25.0 Å². The van der Waals surface area contributed by atoms with Crippen molar-refractivity contribution in [2.24, 2.45) is 11.8 Å². The third-order valence-electron chi connectivity index (χ3n) is 5.76. The van der Waals surface area contributed by atoms with Crippen molar-refractivity contribution >= 4 is 16.9 Å². The van der Waals surface area contributed by atoms with Crippen LogP contribution in [0.1, 0.15) is 43.9 Å². The van der Waals surface area contributed by atoms with Gasteiger partial charge in [-0.3, -0.25) is 4.79 Å². The maximum Gasteiger partial charge on any atom is 0.225 e. The summed E-state index contributed by atoms with van der Waals surface area (Å²) in [6, 6.07) is 8.90. The van der Waals surface area contributed by atoms with E-state index in [2.05, 4.69) is 42.3 Å². The Morgan fingerprint density at radius 1 is 1.28 bits per heavy atom. The van der Waals surface area contributed by atoms with Crippen LogP contribution in [-0.2, 0) is 11.3 Å². The minimum absolute atomic E-state index is 0.334. The van der Waals surface area contributed by atoms with Crippen LogP contribution < -0.4 is 5.32 Å². The van der Waals surface area contributed by atoms with Crippen molar-refractivity contribution < 1.29 is 9.21 Å². The first kappa shape index (κ1) is 16.6. The van der Waals surface area contributed by atoms with Crippen LogP contribution >= 0.6 is 0 Å². The Labute approximate surface area is 149 Å². The van der Waals surface area contributed by atoms with Gasteiger partial charge in [-0.15, -0.1) is 0 Å². The number of piperidine rings is 1. The van der Waals surface area contributed by atoms with Gasteiger partial charge in [0.15, 0.2) is 0 Å². The average Bonchev–Trinajstić information content (AvgIpc) is 3.39. The fraction of sp³-hybridized carbons (Fsp3) is 0.571. The zero-order valence-electron chi connectivity index (χ0n) is 15.3. The van der Waals surface area contributed by atoms with E-state index < -0.39 is 0 Å². The first-order chi connectivity index (χ1) is 12.1. The van der Waals surface area contributed by atoms with E-state index in [0.717, 1.165) is 56.7 Å². The average molecular weight is 340 g/mol. The highest BCUT2D eigenvalue weighted by Crippen LogP contribution is 2.33. The number of aryl methyl sites for hydroxylation is 1. The normalized spacial score (nSPS) is 24.0. The van der Waals surface area contributed by atoms with Gasteiger partial charge in [0.05, 0.1) is 6.54 Å². The van der Waals surface area contributed by atoms with E-state index in [9.17, 15) is 4.79 Å². The predicted molar refractivity (Wildman–Crippen MR) is 99.3 cm³/mol. The number of likely N-dealkylation sites (tertiary alicyclic amines) is 1. The molecule has 4 nitrogen and oxygen atoms in total. The zero-order valence-corrected chi connectivity index (χ0v) is 15.3. The fourth-order valence-electron chi connectivity index (χ4n) is 4.04. The molecule has 2 unspecified atom stereocenters. The van der Waals surface area contributed by atoms with Crippen molar-refractivity contribution in [2.45, 2.75) is 52.1 Å². The summed E-state index contributed by atoms with van der Waals surface area (Å²) in [6.45, 7) is 6.89. The number of nitrogens with one attached hydrogen (secondary N) is 1. The lowest BCUT2D eigenvalue weighted by Gasteiger charge is -2.39. The summed E-state index contributed by atoms with van der Waals surface area (Å²) in [5, 5.41) is 4.86. The van der Waals surface area contributed by atoms with Crippen LogP contribution in [0.3, 0.4) is 0 Å². The number of amides is 1. The second-order valence-electron chi connectivity index (χ2n) is 7.76. The number of nitrogens with zero attached hydrogens (tertiary/aromatic N) is 1. The summed E-state index contributed by atoms with van der Waals surface area (Å²) >= 11 is 0. The van der Waals surface area contributed by atoms with Gasteiger partial charge in [0.25, 0.3) is 0 Å². The molecule has 1 aliphatic heterocycles. The lowest BCUT2D eigenvalue weighted by atomic mass is 9.89. The van der Waals surface area contributed by atoms with Gasteiger partial charge in [-0.25, -0.2) is 0 Å². The van der Waals surface area contributed by atoms with Crippen molar-refractivity contribution in [1.82, 2.24) is 10.2 Å². The van der Waals surface area contributed by atoms with Gasteiger partial charge in [-0.05, 0) is 50.3 Å². The number of benzene rings is 1. The van der Waals surface area contributed by atoms with Gasteiger partial charge in [0.1, 0.15) is 11.3 Å². The summed E-state index contributed by atoms with van der Waals surface area (Å²) < 4.78 is 5.96. The summed E-state index contributed by atoms with van der Waals surface area (Å²) in [7, 11) is 0. The SMILES string of the molecule is CCC1CN(C(=O)C2CC2)CCC1NCc1cc2cc(C)ccc2o1. The maximum absolute atomic E-state index is 12.3. The molecule has 2 aromatic rings. The van der Waals surface area contributed by atoms with Crippen LogP contribution in [0.15, 0.2) is 28.7 Å². The molecule has 1 aromatic carbocycles. The zero-order chi connectivity index (χ0) is 17.4. The van der Waals surface area contributed by atoms with Crippen molar-refractivity contribution in [1.29, 1.82) is 0 Å².